The van der Waals surface area contributed by atoms with Crippen LogP contribution in [0.25, 0.3) is 0 Å². The normalized spacial score (nSPS) is 22.2. The van der Waals surface area contributed by atoms with E-state index in [0.717, 1.165) is 51.4 Å². The molecule has 0 amide bonds. The van der Waals surface area contributed by atoms with Crippen LogP contribution in [0.1, 0.15) is 149 Å². The van der Waals surface area contributed by atoms with Gasteiger partial charge < -0.3 is 34.3 Å². The Labute approximate surface area is 283 Å². The molecule has 1 aliphatic rings. The lowest BCUT2D eigenvalue weighted by Crippen LogP contribution is -2.60. The van der Waals surface area contributed by atoms with Gasteiger partial charge in [-0.05, 0) is 12.8 Å². The van der Waals surface area contributed by atoms with Crippen LogP contribution in [0.4, 0.5) is 0 Å². The largest absolute Gasteiger partial charge is 0.462 e. The van der Waals surface area contributed by atoms with E-state index in [4.69, 9.17) is 23.5 Å². The third-order valence-electron chi connectivity index (χ3n) is 8.44. The predicted octanol–water partition coefficient (Wildman–Crippen LogP) is 5.39. The fourth-order valence-electron chi connectivity index (χ4n) is 5.56. The molecule has 6 atom stereocenters. The molecular formula is C34H64O12S. The summed E-state index contributed by atoms with van der Waals surface area (Å²) in [5.74, 6) is -1.98. The second kappa shape index (κ2) is 26.5. The zero-order chi connectivity index (χ0) is 34.9. The Morgan fingerprint density at radius 3 is 1.55 bits per heavy atom. The van der Waals surface area contributed by atoms with E-state index in [1.165, 1.54) is 57.8 Å². The minimum Gasteiger partial charge on any atom is -0.462 e. The van der Waals surface area contributed by atoms with E-state index in [1.54, 1.807) is 0 Å². The maximum absolute atomic E-state index is 12.6. The topological polar surface area (TPSA) is 186 Å². The van der Waals surface area contributed by atoms with E-state index in [-0.39, 0.29) is 19.4 Å². The summed E-state index contributed by atoms with van der Waals surface area (Å²) in [5.41, 5.74) is 0. The summed E-state index contributed by atoms with van der Waals surface area (Å²) in [4.78, 5) is 25.0. The summed E-state index contributed by atoms with van der Waals surface area (Å²) in [7, 11) is -4.59. The van der Waals surface area contributed by atoms with Crippen LogP contribution < -0.4 is 0 Å². The van der Waals surface area contributed by atoms with Crippen molar-refractivity contribution in [1.82, 2.24) is 0 Å². The Morgan fingerprint density at radius 1 is 0.638 bits per heavy atom. The Kier molecular flexibility index (Phi) is 24.6. The average Bonchev–Trinajstić information content (AvgIpc) is 3.02. The smallest absolute Gasteiger partial charge is 0.306 e. The van der Waals surface area contributed by atoms with Gasteiger partial charge in [0.25, 0.3) is 10.1 Å². The van der Waals surface area contributed by atoms with Crippen molar-refractivity contribution in [2.75, 3.05) is 19.0 Å². The van der Waals surface area contributed by atoms with Crippen molar-refractivity contribution in [2.24, 2.45) is 0 Å². The molecular weight excluding hydrogens is 632 g/mol. The van der Waals surface area contributed by atoms with E-state index < -0.39 is 71.2 Å². The van der Waals surface area contributed by atoms with Gasteiger partial charge >= 0.3 is 11.9 Å². The van der Waals surface area contributed by atoms with Crippen molar-refractivity contribution >= 4 is 22.1 Å². The lowest BCUT2D eigenvalue weighted by atomic mass is 10.00. The highest BCUT2D eigenvalue weighted by atomic mass is 32.2. The standard InChI is InChI=1S/C34H64O12S/c1-3-5-7-9-11-12-13-14-15-16-17-19-21-23-30(36)45-27(24-43-29(35)22-20-18-10-8-6-4-2)25-44-34-33(39)32(38)31(37)28(46-34)26-47(40,41)42/h27-28,31-34,37-39H,3-26H2,1-2H3,(H,40,41,42)/t27-,28-,31-,32+,33-,34+/m1/s1. The van der Waals surface area contributed by atoms with Crippen LogP contribution in [-0.4, -0.2) is 96.0 Å². The molecule has 0 saturated carbocycles. The quantitative estimate of drug-likeness (QED) is 0.0445. The number of hydrogen-bond acceptors (Lipinski definition) is 11. The number of rotatable bonds is 29. The maximum atomic E-state index is 12.6. The number of aliphatic hydroxyl groups is 3. The van der Waals surface area contributed by atoms with Crippen molar-refractivity contribution in [3.63, 3.8) is 0 Å². The average molecular weight is 697 g/mol. The van der Waals surface area contributed by atoms with Crippen molar-refractivity contribution in [3.8, 4) is 0 Å². The van der Waals surface area contributed by atoms with E-state index >= 15 is 0 Å². The predicted molar refractivity (Wildman–Crippen MR) is 178 cm³/mol. The summed E-state index contributed by atoms with van der Waals surface area (Å²) >= 11 is 0. The minimum absolute atomic E-state index is 0.170. The molecule has 13 heteroatoms. The Hall–Kier alpha value is -1.35. The van der Waals surface area contributed by atoms with Gasteiger partial charge in [0.15, 0.2) is 12.4 Å². The molecule has 47 heavy (non-hydrogen) atoms. The summed E-state index contributed by atoms with van der Waals surface area (Å²) in [6.07, 6.45) is 12.1. The van der Waals surface area contributed by atoms with E-state index in [2.05, 4.69) is 13.8 Å². The third kappa shape index (κ3) is 22.1. The van der Waals surface area contributed by atoms with E-state index in [0.29, 0.717) is 12.8 Å². The molecule has 0 unspecified atom stereocenters. The van der Waals surface area contributed by atoms with Gasteiger partial charge in [0.1, 0.15) is 36.8 Å². The number of carbonyl (C=O) groups excluding carboxylic acids is 2. The zero-order valence-electron chi connectivity index (χ0n) is 28.9. The van der Waals surface area contributed by atoms with E-state index in [9.17, 15) is 33.3 Å². The molecule has 1 rings (SSSR count). The number of ether oxygens (including phenoxy) is 4. The first-order valence-electron chi connectivity index (χ1n) is 18.1. The number of carbonyl (C=O) groups is 2. The molecule has 1 aliphatic heterocycles. The minimum atomic E-state index is -4.59. The molecule has 0 aromatic rings. The number of aliphatic hydroxyl groups excluding tert-OH is 3. The summed E-state index contributed by atoms with van der Waals surface area (Å²) < 4.78 is 53.5. The molecule has 0 radical (unpaired) electrons. The molecule has 278 valence electrons. The summed E-state index contributed by atoms with van der Waals surface area (Å²) in [6.45, 7) is 3.65. The second-order valence-corrected chi connectivity index (χ2v) is 14.4. The van der Waals surface area contributed by atoms with Crippen molar-refractivity contribution in [1.29, 1.82) is 0 Å². The van der Waals surface area contributed by atoms with Crippen LogP contribution in [0.2, 0.25) is 0 Å². The van der Waals surface area contributed by atoms with Crippen molar-refractivity contribution in [3.05, 3.63) is 0 Å². The Bertz CT molecular complexity index is 915. The van der Waals surface area contributed by atoms with Gasteiger partial charge in [-0.3, -0.25) is 14.1 Å². The fourth-order valence-corrected chi connectivity index (χ4v) is 6.25. The number of unbranched alkanes of at least 4 members (excludes halogenated alkanes) is 17. The molecule has 12 nitrogen and oxygen atoms in total. The van der Waals surface area contributed by atoms with Crippen LogP contribution in [0, 0.1) is 0 Å². The van der Waals surface area contributed by atoms with Crippen LogP contribution in [-0.2, 0) is 38.7 Å². The monoisotopic (exact) mass is 696 g/mol. The molecule has 1 fully saturated rings. The van der Waals surface area contributed by atoms with Gasteiger partial charge in [0.05, 0.1) is 6.61 Å². The molecule has 0 spiro atoms. The first-order chi connectivity index (χ1) is 22.5. The van der Waals surface area contributed by atoms with Crippen LogP contribution in [0.5, 0.6) is 0 Å². The highest BCUT2D eigenvalue weighted by Crippen LogP contribution is 2.24. The maximum Gasteiger partial charge on any atom is 0.306 e. The van der Waals surface area contributed by atoms with Crippen LogP contribution >= 0.6 is 0 Å². The lowest BCUT2D eigenvalue weighted by molar-refractivity contribution is -0.297. The highest BCUT2D eigenvalue weighted by Gasteiger charge is 2.46. The highest BCUT2D eigenvalue weighted by molar-refractivity contribution is 7.85. The lowest BCUT2D eigenvalue weighted by Gasteiger charge is -2.40. The SMILES string of the molecule is CCCCCCCCCCCCCCCC(=O)O[C@H](COC(=O)CCCCCCCC)CO[C@H]1O[C@H](CS(=O)(=O)O)[C@@H](O)[C@H](O)[C@H]1O. The molecule has 0 aliphatic carbocycles. The summed E-state index contributed by atoms with van der Waals surface area (Å²) in [6, 6.07) is 0. The Balaban J connectivity index is 2.52. The van der Waals surface area contributed by atoms with E-state index in [1.807, 2.05) is 0 Å². The molecule has 1 saturated heterocycles. The molecule has 0 bridgehead atoms. The van der Waals surface area contributed by atoms with Gasteiger partial charge in [0, 0.05) is 12.8 Å². The molecule has 4 N–H and O–H groups in total. The molecule has 0 aromatic heterocycles. The van der Waals surface area contributed by atoms with Crippen molar-refractivity contribution < 1.29 is 56.8 Å². The summed E-state index contributed by atoms with van der Waals surface area (Å²) in [5, 5.41) is 30.6. The third-order valence-corrected chi connectivity index (χ3v) is 9.19. The van der Waals surface area contributed by atoms with Crippen LogP contribution in [0.3, 0.4) is 0 Å². The first-order valence-corrected chi connectivity index (χ1v) is 19.7. The van der Waals surface area contributed by atoms with Gasteiger partial charge in [-0.25, -0.2) is 0 Å². The molecule has 0 aromatic carbocycles. The second-order valence-electron chi connectivity index (χ2n) is 12.9. The van der Waals surface area contributed by atoms with Gasteiger partial charge in [0.2, 0.25) is 0 Å². The number of esters is 2. The Morgan fingerprint density at radius 2 is 1.09 bits per heavy atom. The van der Waals surface area contributed by atoms with Crippen LogP contribution in [0.15, 0.2) is 0 Å². The van der Waals surface area contributed by atoms with Gasteiger partial charge in [-0.15, -0.1) is 0 Å². The van der Waals surface area contributed by atoms with Gasteiger partial charge in [-0.1, -0.05) is 123 Å². The van der Waals surface area contributed by atoms with Crippen molar-refractivity contribution in [2.45, 2.75) is 185 Å². The fraction of sp³-hybridized carbons (Fsp3) is 0.941. The van der Waals surface area contributed by atoms with Gasteiger partial charge in [-0.2, -0.15) is 8.42 Å². The number of hydrogen-bond donors (Lipinski definition) is 4. The zero-order valence-corrected chi connectivity index (χ0v) is 29.7. The molecule has 1 heterocycles. The first kappa shape index (κ1) is 43.7.